The van der Waals surface area contributed by atoms with Crippen LogP contribution in [0.1, 0.15) is 63.3 Å². The van der Waals surface area contributed by atoms with Crippen LogP contribution in [0.5, 0.6) is 0 Å². The maximum Gasteiger partial charge on any atom is 0.320 e. The summed E-state index contributed by atoms with van der Waals surface area (Å²) in [5.74, 6) is 1.07. The monoisotopic (exact) mass is 444 g/mol. The SMILES string of the molecule is C=C(C)/C=c1\c(=C/C)cc(-c2cc(Nc3nnc(C4CCCCC4)o3)ccc2C)c(=O)n1C. The van der Waals surface area contributed by atoms with Crippen LogP contribution in [-0.4, -0.2) is 14.8 Å². The van der Waals surface area contributed by atoms with Gasteiger partial charge in [-0.3, -0.25) is 4.79 Å². The van der Waals surface area contributed by atoms with E-state index < -0.39 is 0 Å². The summed E-state index contributed by atoms with van der Waals surface area (Å²) in [6, 6.07) is 8.27. The van der Waals surface area contributed by atoms with Gasteiger partial charge in [-0.1, -0.05) is 48.7 Å². The molecule has 1 fully saturated rings. The molecule has 6 nitrogen and oxygen atoms in total. The number of allylic oxidation sites excluding steroid dienone is 1. The van der Waals surface area contributed by atoms with Gasteiger partial charge in [-0.15, -0.1) is 5.10 Å². The van der Waals surface area contributed by atoms with Crippen LogP contribution in [0.25, 0.3) is 23.3 Å². The van der Waals surface area contributed by atoms with Crippen molar-refractivity contribution in [1.82, 2.24) is 14.8 Å². The molecule has 1 aromatic carbocycles. The Kier molecular flexibility index (Phi) is 6.63. The van der Waals surface area contributed by atoms with Crippen LogP contribution in [0.15, 0.2) is 45.6 Å². The van der Waals surface area contributed by atoms with Crippen molar-refractivity contribution in [2.24, 2.45) is 7.05 Å². The van der Waals surface area contributed by atoms with Gasteiger partial charge in [0, 0.05) is 24.2 Å². The first-order valence-electron chi connectivity index (χ1n) is 11.6. The Morgan fingerprint density at radius 2 is 1.94 bits per heavy atom. The number of pyridine rings is 1. The first-order chi connectivity index (χ1) is 15.9. The van der Waals surface area contributed by atoms with Crippen LogP contribution in [0.2, 0.25) is 0 Å². The van der Waals surface area contributed by atoms with E-state index in [1.54, 1.807) is 11.6 Å². The van der Waals surface area contributed by atoms with Gasteiger partial charge in [-0.25, -0.2) is 0 Å². The summed E-state index contributed by atoms with van der Waals surface area (Å²) >= 11 is 0. The minimum Gasteiger partial charge on any atom is -0.408 e. The van der Waals surface area contributed by atoms with E-state index in [0.29, 0.717) is 23.4 Å². The molecule has 0 spiro atoms. The molecule has 0 aliphatic heterocycles. The molecule has 0 radical (unpaired) electrons. The van der Waals surface area contributed by atoms with Crippen molar-refractivity contribution in [2.45, 2.75) is 58.8 Å². The lowest BCUT2D eigenvalue weighted by Crippen LogP contribution is -2.42. The summed E-state index contributed by atoms with van der Waals surface area (Å²) in [4.78, 5) is 13.3. The van der Waals surface area contributed by atoms with E-state index in [9.17, 15) is 4.79 Å². The maximum atomic E-state index is 13.3. The van der Waals surface area contributed by atoms with Crippen LogP contribution in [0.3, 0.4) is 0 Å². The fourth-order valence-electron chi connectivity index (χ4n) is 4.53. The van der Waals surface area contributed by atoms with E-state index >= 15 is 0 Å². The van der Waals surface area contributed by atoms with Crippen molar-refractivity contribution in [3.05, 3.63) is 68.8 Å². The number of benzene rings is 1. The van der Waals surface area contributed by atoms with Gasteiger partial charge in [-0.05, 0) is 74.2 Å². The fourth-order valence-corrected chi connectivity index (χ4v) is 4.53. The predicted molar refractivity (Wildman–Crippen MR) is 134 cm³/mol. The topological polar surface area (TPSA) is 73.0 Å². The molecule has 0 amide bonds. The summed E-state index contributed by atoms with van der Waals surface area (Å²) in [5, 5.41) is 13.5. The van der Waals surface area contributed by atoms with Crippen LogP contribution < -0.4 is 21.4 Å². The van der Waals surface area contributed by atoms with E-state index in [-0.39, 0.29) is 5.56 Å². The molecule has 33 heavy (non-hydrogen) atoms. The van der Waals surface area contributed by atoms with Crippen LogP contribution in [0.4, 0.5) is 11.7 Å². The number of hydrogen-bond donors (Lipinski definition) is 1. The Hall–Kier alpha value is -3.41. The van der Waals surface area contributed by atoms with Crippen LogP contribution in [0, 0.1) is 6.92 Å². The van der Waals surface area contributed by atoms with Crippen molar-refractivity contribution in [2.75, 3.05) is 5.32 Å². The molecule has 0 unspecified atom stereocenters. The molecule has 2 heterocycles. The van der Waals surface area contributed by atoms with Crippen molar-refractivity contribution in [1.29, 1.82) is 0 Å². The number of nitrogens with one attached hydrogen (secondary N) is 1. The van der Waals surface area contributed by atoms with Crippen molar-refractivity contribution in [3.8, 4) is 11.1 Å². The van der Waals surface area contributed by atoms with Crippen molar-refractivity contribution < 1.29 is 4.42 Å². The largest absolute Gasteiger partial charge is 0.408 e. The highest BCUT2D eigenvalue weighted by molar-refractivity contribution is 5.72. The fraction of sp³-hybridized carbons (Fsp3) is 0.370. The minimum absolute atomic E-state index is 0.0503. The number of aryl methyl sites for hydroxylation is 1. The van der Waals surface area contributed by atoms with Gasteiger partial charge in [-0.2, -0.15) is 0 Å². The second kappa shape index (κ2) is 9.61. The maximum absolute atomic E-state index is 13.3. The number of aromatic nitrogens is 3. The summed E-state index contributed by atoms with van der Waals surface area (Å²) in [6.45, 7) is 9.87. The highest BCUT2D eigenvalue weighted by Crippen LogP contribution is 2.33. The van der Waals surface area contributed by atoms with Gasteiger partial charge in [0.05, 0.1) is 5.35 Å². The Balaban J connectivity index is 1.70. The molecule has 172 valence electrons. The average molecular weight is 445 g/mol. The van der Waals surface area contributed by atoms with E-state index in [1.165, 1.54) is 19.3 Å². The minimum atomic E-state index is -0.0503. The smallest absolute Gasteiger partial charge is 0.320 e. The lowest BCUT2D eigenvalue weighted by Gasteiger charge is -2.17. The number of anilines is 2. The zero-order valence-electron chi connectivity index (χ0n) is 19.9. The lowest BCUT2D eigenvalue weighted by molar-refractivity contribution is 0.368. The second-order valence-electron chi connectivity index (χ2n) is 8.98. The number of rotatable bonds is 5. The molecule has 2 aromatic heterocycles. The number of hydrogen-bond acceptors (Lipinski definition) is 5. The summed E-state index contributed by atoms with van der Waals surface area (Å²) in [6.07, 6.45) is 9.87. The second-order valence-corrected chi connectivity index (χ2v) is 8.98. The van der Waals surface area contributed by atoms with Crippen LogP contribution in [-0.2, 0) is 7.05 Å². The molecule has 3 aromatic rings. The number of nitrogens with zero attached hydrogens (tertiary/aromatic N) is 3. The third kappa shape index (κ3) is 4.85. The van der Waals surface area contributed by atoms with E-state index in [1.807, 2.05) is 57.2 Å². The normalized spacial score (nSPS) is 15.8. The Labute approximate surface area is 194 Å². The predicted octanol–water partition coefficient (Wildman–Crippen LogP) is 4.69. The first kappa shape index (κ1) is 22.8. The van der Waals surface area contributed by atoms with Crippen LogP contribution >= 0.6 is 0 Å². The highest BCUT2D eigenvalue weighted by Gasteiger charge is 2.21. The third-order valence-corrected chi connectivity index (χ3v) is 6.36. The molecule has 0 saturated heterocycles. The van der Waals surface area contributed by atoms with E-state index in [0.717, 1.165) is 45.8 Å². The van der Waals surface area contributed by atoms with E-state index in [2.05, 4.69) is 22.1 Å². The molecule has 0 atom stereocenters. The van der Waals surface area contributed by atoms with Crippen molar-refractivity contribution >= 4 is 23.9 Å². The Bertz CT molecular complexity index is 1360. The quantitative estimate of drug-likeness (QED) is 0.618. The van der Waals surface area contributed by atoms with Gasteiger partial charge >= 0.3 is 6.01 Å². The molecule has 6 heteroatoms. The zero-order chi connectivity index (χ0) is 23.5. The summed E-state index contributed by atoms with van der Waals surface area (Å²) in [7, 11) is 1.80. The molecule has 1 N–H and O–H groups in total. The van der Waals surface area contributed by atoms with Gasteiger partial charge in [0.25, 0.3) is 5.56 Å². The lowest BCUT2D eigenvalue weighted by atomic mass is 9.89. The standard InChI is InChI=1S/C27H32N4O2/c1-6-19-15-23(26(32)31(5)24(19)14-17(2)3)22-16-21(13-12-18(22)4)28-27-30-29-25(33-27)20-10-8-7-9-11-20/h6,12-16,20H,2,7-11H2,1,3-5H3,(H,28,30)/b19-6-,24-14+. The molecule has 0 bridgehead atoms. The summed E-state index contributed by atoms with van der Waals surface area (Å²) < 4.78 is 7.61. The molecular formula is C27H32N4O2. The first-order valence-corrected chi connectivity index (χ1v) is 11.6. The van der Waals surface area contributed by atoms with Gasteiger partial charge in [0.1, 0.15) is 0 Å². The van der Waals surface area contributed by atoms with Gasteiger partial charge in [0.2, 0.25) is 5.89 Å². The zero-order valence-corrected chi connectivity index (χ0v) is 19.9. The van der Waals surface area contributed by atoms with E-state index in [4.69, 9.17) is 4.42 Å². The van der Waals surface area contributed by atoms with Gasteiger partial charge < -0.3 is 14.3 Å². The Morgan fingerprint density at radius 3 is 2.64 bits per heavy atom. The molecule has 1 aliphatic carbocycles. The molecule has 1 aliphatic rings. The summed E-state index contributed by atoms with van der Waals surface area (Å²) in [5.41, 5.74) is 4.19. The molecule has 4 rings (SSSR count). The molecule has 1 saturated carbocycles. The third-order valence-electron chi connectivity index (χ3n) is 6.36. The van der Waals surface area contributed by atoms with Crippen molar-refractivity contribution in [3.63, 3.8) is 0 Å². The average Bonchev–Trinajstić information content (AvgIpc) is 3.27. The Morgan fingerprint density at radius 1 is 1.18 bits per heavy atom. The van der Waals surface area contributed by atoms with Gasteiger partial charge in [0.15, 0.2) is 0 Å². The highest BCUT2D eigenvalue weighted by atomic mass is 16.4. The molecular weight excluding hydrogens is 412 g/mol.